The highest BCUT2D eigenvalue weighted by atomic mass is 32.1. The minimum absolute atomic E-state index is 0.181. The number of hydrogen-bond donors (Lipinski definition) is 2. The number of aromatic amines is 1. The fourth-order valence-corrected chi connectivity index (χ4v) is 3.11. The molecule has 0 saturated carbocycles. The summed E-state index contributed by atoms with van der Waals surface area (Å²) >= 11 is 1.60. The SMILES string of the molecule is CC(C)c1cc(C(=O)N/N=C\c2c[nH]c3ccccc23)cs1. The molecule has 0 atom stereocenters. The minimum atomic E-state index is -0.181. The van der Waals surface area contributed by atoms with E-state index in [9.17, 15) is 4.79 Å². The van der Waals surface area contributed by atoms with Crippen LogP contribution in [0.3, 0.4) is 0 Å². The molecule has 0 aliphatic carbocycles. The average molecular weight is 311 g/mol. The lowest BCUT2D eigenvalue weighted by atomic mass is 10.1. The molecule has 4 nitrogen and oxygen atoms in total. The van der Waals surface area contributed by atoms with Gasteiger partial charge in [-0.2, -0.15) is 5.10 Å². The Balaban J connectivity index is 1.70. The van der Waals surface area contributed by atoms with Gasteiger partial charge in [-0.15, -0.1) is 11.3 Å². The standard InChI is InChI=1S/C17H17N3OS/c1-11(2)16-7-12(10-22-16)17(21)20-19-9-13-8-18-15-6-4-3-5-14(13)15/h3-11,18H,1-2H3,(H,20,21)/b19-9-. The predicted molar refractivity (Wildman–Crippen MR) is 91.8 cm³/mol. The molecule has 22 heavy (non-hydrogen) atoms. The lowest BCUT2D eigenvalue weighted by Crippen LogP contribution is -2.16. The van der Waals surface area contributed by atoms with E-state index in [1.54, 1.807) is 17.6 Å². The average Bonchev–Trinajstić information content (AvgIpc) is 3.14. The molecule has 0 fully saturated rings. The Kier molecular flexibility index (Phi) is 4.06. The third-order valence-corrected chi connectivity index (χ3v) is 4.68. The Labute approximate surface area is 132 Å². The Morgan fingerprint density at radius 2 is 2.18 bits per heavy atom. The molecular weight excluding hydrogens is 294 g/mol. The number of nitrogens with zero attached hydrogens (tertiary/aromatic N) is 1. The first-order chi connectivity index (χ1) is 10.6. The molecular formula is C17H17N3OS. The summed E-state index contributed by atoms with van der Waals surface area (Å²) in [6, 6.07) is 9.90. The summed E-state index contributed by atoms with van der Waals surface area (Å²) < 4.78 is 0. The van der Waals surface area contributed by atoms with Crippen LogP contribution in [0.15, 0.2) is 47.0 Å². The van der Waals surface area contributed by atoms with E-state index in [4.69, 9.17) is 0 Å². The molecule has 1 aromatic carbocycles. The molecule has 0 radical (unpaired) electrons. The molecule has 2 aromatic heterocycles. The molecule has 0 aliphatic heterocycles. The monoisotopic (exact) mass is 311 g/mol. The van der Waals surface area contributed by atoms with Gasteiger partial charge in [-0.3, -0.25) is 4.79 Å². The lowest BCUT2D eigenvalue weighted by Gasteiger charge is -1.98. The fourth-order valence-electron chi connectivity index (χ4n) is 2.20. The number of nitrogens with one attached hydrogen (secondary N) is 2. The van der Waals surface area contributed by atoms with Gasteiger partial charge < -0.3 is 4.98 Å². The maximum absolute atomic E-state index is 12.0. The highest BCUT2D eigenvalue weighted by Crippen LogP contribution is 2.23. The molecule has 0 saturated heterocycles. The fraction of sp³-hybridized carbons (Fsp3) is 0.176. The third kappa shape index (κ3) is 2.94. The number of fused-ring (bicyclic) bond motifs is 1. The largest absolute Gasteiger partial charge is 0.361 e. The number of hydrazone groups is 1. The summed E-state index contributed by atoms with van der Waals surface area (Å²) in [5.74, 6) is 0.250. The minimum Gasteiger partial charge on any atom is -0.361 e. The highest BCUT2D eigenvalue weighted by molar-refractivity contribution is 7.10. The summed E-state index contributed by atoms with van der Waals surface area (Å²) in [5.41, 5.74) is 5.23. The molecule has 0 aliphatic rings. The van der Waals surface area contributed by atoms with Gasteiger partial charge in [0.25, 0.3) is 5.91 Å². The Bertz CT molecular complexity index is 829. The van der Waals surface area contributed by atoms with Crippen LogP contribution in [0.25, 0.3) is 10.9 Å². The third-order valence-electron chi connectivity index (χ3n) is 3.44. The number of carbonyl (C=O) groups is 1. The van der Waals surface area contributed by atoms with Gasteiger partial charge in [0.05, 0.1) is 11.8 Å². The van der Waals surface area contributed by atoms with Crippen molar-refractivity contribution in [3.8, 4) is 0 Å². The summed E-state index contributed by atoms with van der Waals surface area (Å²) in [7, 11) is 0. The summed E-state index contributed by atoms with van der Waals surface area (Å²) in [4.78, 5) is 16.4. The normalized spacial score (nSPS) is 11.6. The second kappa shape index (κ2) is 6.15. The number of H-pyrrole nitrogens is 1. The maximum Gasteiger partial charge on any atom is 0.272 e. The van der Waals surface area contributed by atoms with Crippen LogP contribution in [0.2, 0.25) is 0 Å². The topological polar surface area (TPSA) is 57.2 Å². The van der Waals surface area contributed by atoms with Gasteiger partial charge in [0.2, 0.25) is 0 Å². The van der Waals surface area contributed by atoms with Crippen molar-refractivity contribution in [2.24, 2.45) is 5.10 Å². The van der Waals surface area contributed by atoms with Crippen molar-refractivity contribution >= 4 is 34.4 Å². The van der Waals surface area contributed by atoms with Crippen LogP contribution < -0.4 is 5.43 Å². The number of hydrogen-bond acceptors (Lipinski definition) is 3. The van der Waals surface area contributed by atoms with Gasteiger partial charge in [0.15, 0.2) is 0 Å². The first kappa shape index (κ1) is 14.5. The Morgan fingerprint density at radius 1 is 1.36 bits per heavy atom. The van der Waals surface area contributed by atoms with E-state index in [1.165, 1.54) is 4.88 Å². The second-order valence-electron chi connectivity index (χ2n) is 5.38. The van der Waals surface area contributed by atoms with Crippen LogP contribution in [-0.4, -0.2) is 17.1 Å². The first-order valence-corrected chi connectivity index (χ1v) is 8.01. The molecule has 2 N–H and O–H groups in total. The van der Waals surface area contributed by atoms with Crippen LogP contribution in [0, 0.1) is 0 Å². The van der Waals surface area contributed by atoms with E-state index in [2.05, 4.69) is 29.4 Å². The van der Waals surface area contributed by atoms with Crippen LogP contribution >= 0.6 is 11.3 Å². The van der Waals surface area contributed by atoms with Crippen LogP contribution in [0.4, 0.5) is 0 Å². The van der Waals surface area contributed by atoms with Gasteiger partial charge in [-0.1, -0.05) is 32.0 Å². The number of aromatic nitrogens is 1. The van der Waals surface area contributed by atoms with Crippen molar-refractivity contribution in [1.82, 2.24) is 10.4 Å². The van der Waals surface area contributed by atoms with E-state index in [0.717, 1.165) is 16.5 Å². The van der Waals surface area contributed by atoms with Crippen molar-refractivity contribution in [3.63, 3.8) is 0 Å². The van der Waals surface area contributed by atoms with Gasteiger partial charge in [0, 0.05) is 32.9 Å². The number of amides is 1. The number of rotatable bonds is 4. The lowest BCUT2D eigenvalue weighted by molar-refractivity contribution is 0.0955. The number of carbonyl (C=O) groups excluding carboxylic acids is 1. The zero-order valence-electron chi connectivity index (χ0n) is 12.5. The quantitative estimate of drug-likeness (QED) is 0.553. The molecule has 5 heteroatoms. The van der Waals surface area contributed by atoms with Crippen molar-refractivity contribution in [3.05, 3.63) is 57.9 Å². The van der Waals surface area contributed by atoms with E-state index in [1.807, 2.05) is 41.9 Å². The molecule has 3 aromatic rings. The molecule has 0 spiro atoms. The summed E-state index contributed by atoms with van der Waals surface area (Å²) in [6.45, 7) is 4.23. The van der Waals surface area contributed by atoms with Gasteiger partial charge >= 0.3 is 0 Å². The zero-order valence-corrected chi connectivity index (χ0v) is 13.3. The summed E-state index contributed by atoms with van der Waals surface area (Å²) in [5, 5.41) is 7.00. The predicted octanol–water partition coefficient (Wildman–Crippen LogP) is 4.12. The smallest absolute Gasteiger partial charge is 0.272 e. The van der Waals surface area contributed by atoms with E-state index in [0.29, 0.717) is 11.5 Å². The zero-order chi connectivity index (χ0) is 15.5. The number of benzene rings is 1. The van der Waals surface area contributed by atoms with Crippen molar-refractivity contribution in [2.75, 3.05) is 0 Å². The maximum atomic E-state index is 12.0. The van der Waals surface area contributed by atoms with E-state index >= 15 is 0 Å². The van der Waals surface area contributed by atoms with E-state index < -0.39 is 0 Å². The van der Waals surface area contributed by atoms with Gasteiger partial charge in [0.1, 0.15) is 0 Å². The molecule has 2 heterocycles. The number of thiophene rings is 1. The molecule has 1 amide bonds. The molecule has 0 unspecified atom stereocenters. The summed E-state index contributed by atoms with van der Waals surface area (Å²) in [6.07, 6.45) is 3.54. The van der Waals surface area contributed by atoms with Crippen LogP contribution in [0.5, 0.6) is 0 Å². The molecule has 112 valence electrons. The van der Waals surface area contributed by atoms with Crippen LogP contribution in [-0.2, 0) is 0 Å². The first-order valence-electron chi connectivity index (χ1n) is 7.13. The van der Waals surface area contributed by atoms with E-state index in [-0.39, 0.29) is 5.91 Å². The van der Waals surface area contributed by atoms with Crippen molar-refractivity contribution in [1.29, 1.82) is 0 Å². The Morgan fingerprint density at radius 3 is 2.95 bits per heavy atom. The second-order valence-corrected chi connectivity index (χ2v) is 6.32. The van der Waals surface area contributed by atoms with Gasteiger partial charge in [-0.05, 0) is 18.1 Å². The highest BCUT2D eigenvalue weighted by Gasteiger charge is 2.09. The molecule has 3 rings (SSSR count). The van der Waals surface area contributed by atoms with Crippen molar-refractivity contribution in [2.45, 2.75) is 19.8 Å². The van der Waals surface area contributed by atoms with Crippen molar-refractivity contribution < 1.29 is 4.79 Å². The number of para-hydroxylation sites is 1. The molecule has 0 bridgehead atoms. The van der Waals surface area contributed by atoms with Crippen LogP contribution in [0.1, 0.15) is 40.6 Å². The Hall–Kier alpha value is -2.40. The van der Waals surface area contributed by atoms with Gasteiger partial charge in [-0.25, -0.2) is 5.43 Å².